The molecule has 9 heavy (non-hydrogen) atoms. The van der Waals surface area contributed by atoms with Crippen LogP contribution >= 0.6 is 0 Å². The van der Waals surface area contributed by atoms with Crippen molar-refractivity contribution in [1.82, 2.24) is 5.32 Å². The lowest BCUT2D eigenvalue weighted by atomic mass is 9.95. The van der Waals surface area contributed by atoms with E-state index in [1.54, 1.807) is 0 Å². The molecule has 0 aromatic heterocycles. The van der Waals surface area contributed by atoms with E-state index in [-0.39, 0.29) is 6.54 Å². The van der Waals surface area contributed by atoms with Crippen molar-refractivity contribution in [3.05, 3.63) is 0 Å². The van der Waals surface area contributed by atoms with Gasteiger partial charge in [-0.1, -0.05) is 0 Å². The molecule has 1 heterocycles. The standard InChI is InChI=1S/C6H12FNO/c1-6(7)4-8-3-2-5(6)9/h5,8-9H,2-4H2,1H3. The summed E-state index contributed by atoms with van der Waals surface area (Å²) in [6.45, 7) is 2.42. The number of hydrogen-bond donors (Lipinski definition) is 2. The summed E-state index contributed by atoms with van der Waals surface area (Å²) in [5, 5.41) is 11.9. The van der Waals surface area contributed by atoms with E-state index in [0.717, 1.165) is 6.54 Å². The van der Waals surface area contributed by atoms with Gasteiger partial charge in [0.05, 0.1) is 6.10 Å². The molecule has 0 aromatic carbocycles. The van der Waals surface area contributed by atoms with Gasteiger partial charge in [0, 0.05) is 6.54 Å². The number of nitrogens with one attached hydrogen (secondary N) is 1. The molecule has 0 spiro atoms. The number of halogens is 1. The van der Waals surface area contributed by atoms with Crippen LogP contribution in [-0.4, -0.2) is 30.0 Å². The number of aliphatic hydroxyl groups is 1. The number of rotatable bonds is 0. The van der Waals surface area contributed by atoms with Crippen LogP contribution in [0.25, 0.3) is 0 Å². The maximum Gasteiger partial charge on any atom is 0.146 e. The zero-order valence-corrected chi connectivity index (χ0v) is 5.52. The van der Waals surface area contributed by atoms with Gasteiger partial charge in [0.2, 0.25) is 0 Å². The van der Waals surface area contributed by atoms with Crippen LogP contribution in [-0.2, 0) is 0 Å². The lowest BCUT2D eigenvalue weighted by Crippen LogP contribution is -2.50. The average Bonchev–Trinajstić information content (AvgIpc) is 1.77. The second kappa shape index (κ2) is 2.23. The Hall–Kier alpha value is -0.150. The lowest BCUT2D eigenvalue weighted by Gasteiger charge is -2.31. The van der Waals surface area contributed by atoms with Gasteiger partial charge in [0.15, 0.2) is 0 Å². The van der Waals surface area contributed by atoms with Gasteiger partial charge in [-0.2, -0.15) is 0 Å². The summed E-state index contributed by atoms with van der Waals surface area (Å²) in [5.74, 6) is 0. The number of piperidine rings is 1. The second-order valence-corrected chi connectivity index (χ2v) is 2.76. The molecule has 0 radical (unpaired) electrons. The normalized spacial score (nSPS) is 45.0. The van der Waals surface area contributed by atoms with Crippen molar-refractivity contribution in [2.24, 2.45) is 0 Å². The molecule has 0 amide bonds. The molecule has 2 nitrogen and oxygen atoms in total. The van der Waals surface area contributed by atoms with Crippen LogP contribution in [0.15, 0.2) is 0 Å². The third kappa shape index (κ3) is 1.40. The van der Waals surface area contributed by atoms with E-state index in [4.69, 9.17) is 5.11 Å². The molecule has 0 saturated carbocycles. The summed E-state index contributed by atoms with van der Waals surface area (Å²) >= 11 is 0. The first-order valence-corrected chi connectivity index (χ1v) is 3.20. The molecule has 1 fully saturated rings. The van der Waals surface area contributed by atoms with E-state index in [1.807, 2.05) is 0 Å². The maximum absolute atomic E-state index is 13.0. The number of alkyl halides is 1. The molecule has 2 N–H and O–H groups in total. The monoisotopic (exact) mass is 133 g/mol. The second-order valence-electron chi connectivity index (χ2n) is 2.76. The van der Waals surface area contributed by atoms with Crippen molar-refractivity contribution in [3.63, 3.8) is 0 Å². The van der Waals surface area contributed by atoms with E-state index in [2.05, 4.69) is 5.32 Å². The smallest absolute Gasteiger partial charge is 0.146 e. The third-order valence-corrected chi connectivity index (χ3v) is 1.76. The minimum Gasteiger partial charge on any atom is -0.390 e. The summed E-state index contributed by atoms with van der Waals surface area (Å²) in [5.41, 5.74) is -1.42. The average molecular weight is 133 g/mol. The van der Waals surface area contributed by atoms with Crippen molar-refractivity contribution in [3.8, 4) is 0 Å². The fourth-order valence-electron chi connectivity index (χ4n) is 0.990. The van der Waals surface area contributed by atoms with Gasteiger partial charge in [0.1, 0.15) is 5.67 Å². The van der Waals surface area contributed by atoms with Gasteiger partial charge in [0.25, 0.3) is 0 Å². The molecule has 2 atom stereocenters. The fraction of sp³-hybridized carbons (Fsp3) is 1.00. The lowest BCUT2D eigenvalue weighted by molar-refractivity contribution is -0.0166. The number of hydrogen-bond acceptors (Lipinski definition) is 2. The van der Waals surface area contributed by atoms with Gasteiger partial charge in [-0.05, 0) is 19.9 Å². The Balaban J connectivity index is 2.49. The predicted molar refractivity (Wildman–Crippen MR) is 33.0 cm³/mol. The minimum absolute atomic E-state index is 0.272. The van der Waals surface area contributed by atoms with Crippen molar-refractivity contribution in [2.45, 2.75) is 25.1 Å². The molecule has 54 valence electrons. The van der Waals surface area contributed by atoms with Crippen LogP contribution in [0.4, 0.5) is 4.39 Å². The first-order valence-electron chi connectivity index (χ1n) is 3.20. The topological polar surface area (TPSA) is 32.3 Å². The molecule has 1 aliphatic rings. The van der Waals surface area contributed by atoms with Crippen molar-refractivity contribution < 1.29 is 9.50 Å². The summed E-state index contributed by atoms with van der Waals surface area (Å²) in [4.78, 5) is 0. The Labute approximate surface area is 54.1 Å². The van der Waals surface area contributed by atoms with E-state index in [1.165, 1.54) is 6.92 Å². The predicted octanol–water partition coefficient (Wildman–Crippen LogP) is 0.0688. The summed E-state index contributed by atoms with van der Waals surface area (Å²) in [6, 6.07) is 0. The Bertz CT molecular complexity index is 105. The molecule has 0 bridgehead atoms. The van der Waals surface area contributed by atoms with Crippen LogP contribution in [0, 0.1) is 0 Å². The molecule has 1 aliphatic heterocycles. The molecule has 2 unspecified atom stereocenters. The fourth-order valence-corrected chi connectivity index (χ4v) is 0.990. The zero-order valence-electron chi connectivity index (χ0n) is 5.52. The SMILES string of the molecule is CC1(F)CNCCC1O. The summed E-state index contributed by atoms with van der Waals surface area (Å²) in [7, 11) is 0. The first kappa shape index (κ1) is 6.96. The molecule has 3 heteroatoms. The largest absolute Gasteiger partial charge is 0.390 e. The molecular formula is C6H12FNO. The molecular weight excluding hydrogens is 121 g/mol. The van der Waals surface area contributed by atoms with E-state index >= 15 is 0 Å². The van der Waals surface area contributed by atoms with Gasteiger partial charge in [-0.15, -0.1) is 0 Å². The summed E-state index contributed by atoms with van der Waals surface area (Å²) in [6.07, 6.45) is -0.258. The first-order chi connectivity index (χ1) is 4.13. The minimum atomic E-state index is -1.42. The van der Waals surface area contributed by atoms with Crippen LogP contribution in [0.5, 0.6) is 0 Å². The molecule has 0 aromatic rings. The molecule has 1 rings (SSSR count). The zero-order chi connectivity index (χ0) is 6.91. The van der Waals surface area contributed by atoms with Crippen molar-refractivity contribution >= 4 is 0 Å². The van der Waals surface area contributed by atoms with Crippen LogP contribution in [0.2, 0.25) is 0 Å². The third-order valence-electron chi connectivity index (χ3n) is 1.76. The molecule has 0 aliphatic carbocycles. The van der Waals surface area contributed by atoms with Gasteiger partial charge < -0.3 is 10.4 Å². The highest BCUT2D eigenvalue weighted by Gasteiger charge is 2.34. The van der Waals surface area contributed by atoms with Gasteiger partial charge >= 0.3 is 0 Å². The van der Waals surface area contributed by atoms with E-state index < -0.39 is 11.8 Å². The molecule has 1 saturated heterocycles. The Kier molecular flexibility index (Phi) is 1.73. The van der Waals surface area contributed by atoms with Crippen LogP contribution in [0.1, 0.15) is 13.3 Å². The van der Waals surface area contributed by atoms with Crippen molar-refractivity contribution in [2.75, 3.05) is 13.1 Å². The van der Waals surface area contributed by atoms with Gasteiger partial charge in [-0.25, -0.2) is 4.39 Å². The van der Waals surface area contributed by atoms with Gasteiger partial charge in [-0.3, -0.25) is 0 Å². The van der Waals surface area contributed by atoms with Crippen LogP contribution < -0.4 is 5.32 Å². The Morgan fingerprint density at radius 1 is 1.78 bits per heavy atom. The van der Waals surface area contributed by atoms with E-state index in [9.17, 15) is 4.39 Å². The Morgan fingerprint density at radius 2 is 2.44 bits per heavy atom. The quantitative estimate of drug-likeness (QED) is 0.490. The van der Waals surface area contributed by atoms with E-state index in [0.29, 0.717) is 6.42 Å². The number of aliphatic hydroxyl groups excluding tert-OH is 1. The highest BCUT2D eigenvalue weighted by atomic mass is 19.1. The highest BCUT2D eigenvalue weighted by Crippen LogP contribution is 2.19. The van der Waals surface area contributed by atoms with Crippen molar-refractivity contribution in [1.29, 1.82) is 0 Å². The summed E-state index contributed by atoms with van der Waals surface area (Å²) < 4.78 is 13.0. The highest BCUT2D eigenvalue weighted by molar-refractivity contribution is 4.88. The Morgan fingerprint density at radius 3 is 2.78 bits per heavy atom. The van der Waals surface area contributed by atoms with Crippen LogP contribution in [0.3, 0.4) is 0 Å². The maximum atomic E-state index is 13.0.